The Morgan fingerprint density at radius 2 is 1.50 bits per heavy atom. The van der Waals surface area contributed by atoms with Crippen molar-refractivity contribution >= 4 is 32.9 Å². The third-order valence-corrected chi connectivity index (χ3v) is 4.63. The summed E-state index contributed by atoms with van der Waals surface area (Å²) in [7, 11) is 0. The van der Waals surface area contributed by atoms with Gasteiger partial charge < -0.3 is 0 Å². The Morgan fingerprint density at radius 1 is 0.792 bits per heavy atom. The molecule has 4 rings (SSSR count). The molecule has 0 aliphatic carbocycles. The van der Waals surface area contributed by atoms with Gasteiger partial charge in [-0.25, -0.2) is 4.98 Å². The number of anilines is 1. The number of para-hydroxylation sites is 1. The van der Waals surface area contributed by atoms with Gasteiger partial charge in [0.05, 0.1) is 16.4 Å². The van der Waals surface area contributed by atoms with Gasteiger partial charge in [-0.3, -0.25) is 5.43 Å². The Bertz CT molecular complexity index is 940. The largest absolute Gasteiger partial charge is 0.253 e. The van der Waals surface area contributed by atoms with Crippen molar-refractivity contribution in [3.63, 3.8) is 0 Å². The summed E-state index contributed by atoms with van der Waals surface area (Å²) in [4.78, 5) is 4.49. The molecule has 0 saturated heterocycles. The summed E-state index contributed by atoms with van der Waals surface area (Å²) in [6.07, 6.45) is 1.81. The van der Waals surface area contributed by atoms with Gasteiger partial charge >= 0.3 is 0 Å². The summed E-state index contributed by atoms with van der Waals surface area (Å²) in [6, 6.07) is 26.7. The van der Waals surface area contributed by atoms with E-state index in [1.54, 1.807) is 17.6 Å². The summed E-state index contributed by atoms with van der Waals surface area (Å²) < 4.78 is 1.16. The molecule has 24 heavy (non-hydrogen) atoms. The second-order valence-corrected chi connectivity index (χ2v) is 6.38. The molecular formula is C20H15N3S. The van der Waals surface area contributed by atoms with Crippen LogP contribution in [0.15, 0.2) is 84.0 Å². The first-order valence-corrected chi connectivity index (χ1v) is 8.50. The van der Waals surface area contributed by atoms with E-state index >= 15 is 0 Å². The summed E-state index contributed by atoms with van der Waals surface area (Å²) in [6.45, 7) is 0. The standard InChI is InChI=1S/C20H15N3S/c1-2-6-16(7-3-1)17-12-10-15(11-13-17)14-21-23-20-22-18-8-4-5-9-19(18)24-20/h1-14H,(H,22,23). The fourth-order valence-electron chi connectivity index (χ4n) is 2.47. The van der Waals surface area contributed by atoms with Crippen molar-refractivity contribution in [2.75, 3.05) is 5.43 Å². The monoisotopic (exact) mass is 329 g/mol. The lowest BCUT2D eigenvalue weighted by molar-refractivity contribution is 1.31. The summed E-state index contributed by atoms with van der Waals surface area (Å²) in [5.74, 6) is 0. The highest BCUT2D eigenvalue weighted by Gasteiger charge is 2.01. The molecule has 0 atom stereocenters. The van der Waals surface area contributed by atoms with E-state index in [-0.39, 0.29) is 0 Å². The van der Waals surface area contributed by atoms with Crippen molar-refractivity contribution in [3.05, 3.63) is 84.4 Å². The van der Waals surface area contributed by atoms with Crippen LogP contribution in [0.3, 0.4) is 0 Å². The second kappa shape index (κ2) is 6.64. The van der Waals surface area contributed by atoms with E-state index in [0.717, 1.165) is 20.9 Å². The molecule has 0 bridgehead atoms. The van der Waals surface area contributed by atoms with Crippen LogP contribution in [0.25, 0.3) is 21.3 Å². The van der Waals surface area contributed by atoms with Crippen LogP contribution in [0.1, 0.15) is 5.56 Å². The molecule has 3 nitrogen and oxygen atoms in total. The third kappa shape index (κ3) is 3.19. The molecular weight excluding hydrogens is 314 g/mol. The van der Waals surface area contributed by atoms with Gasteiger partial charge in [-0.1, -0.05) is 78.1 Å². The lowest BCUT2D eigenvalue weighted by Crippen LogP contribution is -1.89. The predicted molar refractivity (Wildman–Crippen MR) is 103 cm³/mol. The van der Waals surface area contributed by atoms with Gasteiger partial charge in [-0.15, -0.1) is 0 Å². The molecule has 3 aromatic carbocycles. The average Bonchev–Trinajstić information content (AvgIpc) is 3.06. The SMILES string of the molecule is C(=NNc1nc2ccccc2s1)c1ccc(-c2ccccc2)cc1. The molecule has 1 aromatic heterocycles. The molecule has 1 N–H and O–H groups in total. The Balaban J connectivity index is 1.46. The van der Waals surface area contributed by atoms with Crippen molar-refractivity contribution in [1.29, 1.82) is 0 Å². The van der Waals surface area contributed by atoms with Crippen LogP contribution in [0.2, 0.25) is 0 Å². The second-order valence-electron chi connectivity index (χ2n) is 5.34. The summed E-state index contributed by atoms with van der Waals surface area (Å²) in [5, 5.41) is 5.08. The molecule has 0 radical (unpaired) electrons. The molecule has 4 aromatic rings. The quantitative estimate of drug-likeness (QED) is 0.401. The fraction of sp³-hybridized carbons (Fsp3) is 0. The minimum absolute atomic E-state index is 0.799. The molecule has 0 spiro atoms. The van der Waals surface area contributed by atoms with Crippen LogP contribution in [0.5, 0.6) is 0 Å². The number of thiazole rings is 1. The van der Waals surface area contributed by atoms with Crippen LogP contribution in [0, 0.1) is 0 Å². The maximum absolute atomic E-state index is 4.49. The lowest BCUT2D eigenvalue weighted by Gasteiger charge is -2.01. The Labute approximate surface area is 144 Å². The van der Waals surface area contributed by atoms with Gasteiger partial charge in [0.2, 0.25) is 5.13 Å². The molecule has 0 aliphatic rings. The zero-order chi connectivity index (χ0) is 16.2. The van der Waals surface area contributed by atoms with E-state index in [2.05, 4.69) is 58.0 Å². The number of hydrazone groups is 1. The highest BCUT2D eigenvalue weighted by Crippen LogP contribution is 2.25. The number of hydrogen-bond acceptors (Lipinski definition) is 4. The van der Waals surface area contributed by atoms with E-state index in [1.165, 1.54) is 11.1 Å². The Kier molecular flexibility index (Phi) is 4.04. The average molecular weight is 329 g/mol. The number of benzene rings is 3. The van der Waals surface area contributed by atoms with Crippen LogP contribution < -0.4 is 5.43 Å². The highest BCUT2D eigenvalue weighted by molar-refractivity contribution is 7.22. The van der Waals surface area contributed by atoms with Crippen molar-refractivity contribution in [2.24, 2.45) is 5.10 Å². The zero-order valence-electron chi connectivity index (χ0n) is 12.9. The molecule has 0 saturated carbocycles. The van der Waals surface area contributed by atoms with E-state index in [1.807, 2.05) is 36.4 Å². The maximum atomic E-state index is 4.49. The number of rotatable bonds is 4. The number of nitrogens with one attached hydrogen (secondary N) is 1. The first-order chi connectivity index (χ1) is 11.9. The van der Waals surface area contributed by atoms with Gasteiger partial charge in [0.25, 0.3) is 0 Å². The molecule has 4 heteroatoms. The zero-order valence-corrected chi connectivity index (χ0v) is 13.7. The van der Waals surface area contributed by atoms with Crippen LogP contribution in [-0.4, -0.2) is 11.2 Å². The minimum Gasteiger partial charge on any atom is -0.253 e. The van der Waals surface area contributed by atoms with Gasteiger partial charge in [-0.05, 0) is 28.8 Å². The fourth-order valence-corrected chi connectivity index (χ4v) is 3.29. The third-order valence-electron chi connectivity index (χ3n) is 3.69. The van der Waals surface area contributed by atoms with E-state index in [0.29, 0.717) is 0 Å². The van der Waals surface area contributed by atoms with E-state index < -0.39 is 0 Å². The van der Waals surface area contributed by atoms with Crippen molar-refractivity contribution in [2.45, 2.75) is 0 Å². The number of hydrogen-bond donors (Lipinski definition) is 1. The maximum Gasteiger partial charge on any atom is 0.204 e. The van der Waals surface area contributed by atoms with Crippen molar-refractivity contribution in [3.8, 4) is 11.1 Å². The summed E-state index contributed by atoms with van der Waals surface area (Å²) in [5.41, 5.74) is 7.46. The lowest BCUT2D eigenvalue weighted by atomic mass is 10.0. The normalized spacial score (nSPS) is 11.2. The molecule has 0 amide bonds. The van der Waals surface area contributed by atoms with E-state index in [9.17, 15) is 0 Å². The molecule has 116 valence electrons. The van der Waals surface area contributed by atoms with Gasteiger partial charge in [0.15, 0.2) is 0 Å². The first-order valence-electron chi connectivity index (χ1n) is 7.69. The topological polar surface area (TPSA) is 37.3 Å². The van der Waals surface area contributed by atoms with Gasteiger partial charge in [0, 0.05) is 0 Å². The minimum atomic E-state index is 0.799. The highest BCUT2D eigenvalue weighted by atomic mass is 32.1. The van der Waals surface area contributed by atoms with Gasteiger partial charge in [-0.2, -0.15) is 5.10 Å². The smallest absolute Gasteiger partial charge is 0.204 e. The van der Waals surface area contributed by atoms with Crippen molar-refractivity contribution in [1.82, 2.24) is 4.98 Å². The first kappa shape index (κ1) is 14.6. The molecule has 1 heterocycles. The van der Waals surface area contributed by atoms with Gasteiger partial charge in [0.1, 0.15) is 0 Å². The number of fused-ring (bicyclic) bond motifs is 1. The van der Waals surface area contributed by atoms with E-state index in [4.69, 9.17) is 0 Å². The van der Waals surface area contributed by atoms with Crippen LogP contribution in [0.4, 0.5) is 5.13 Å². The Morgan fingerprint density at radius 3 is 2.29 bits per heavy atom. The van der Waals surface area contributed by atoms with Crippen LogP contribution >= 0.6 is 11.3 Å². The molecule has 0 aliphatic heterocycles. The number of nitrogens with zero attached hydrogens (tertiary/aromatic N) is 2. The predicted octanol–water partition coefficient (Wildman–Crippen LogP) is 5.41. The number of aromatic nitrogens is 1. The molecule has 0 fully saturated rings. The Hall–Kier alpha value is -2.98. The molecule has 0 unspecified atom stereocenters. The summed E-state index contributed by atoms with van der Waals surface area (Å²) >= 11 is 1.60. The van der Waals surface area contributed by atoms with Crippen LogP contribution in [-0.2, 0) is 0 Å². The van der Waals surface area contributed by atoms with Crippen molar-refractivity contribution < 1.29 is 0 Å².